The molecule has 1 saturated heterocycles. The molecule has 1 aromatic carbocycles. The molecule has 0 aliphatic carbocycles. The van der Waals surface area contributed by atoms with Crippen LogP contribution in [0.15, 0.2) is 63.9 Å². The third kappa shape index (κ3) is 3.31. The quantitative estimate of drug-likeness (QED) is 0.676. The van der Waals surface area contributed by atoms with Gasteiger partial charge in [0, 0.05) is 30.9 Å². The molecule has 1 fully saturated rings. The van der Waals surface area contributed by atoms with E-state index in [9.17, 15) is 9.59 Å². The molecule has 1 aliphatic heterocycles. The summed E-state index contributed by atoms with van der Waals surface area (Å²) in [4.78, 5) is 30.3. The number of aromatic nitrogens is 1. The summed E-state index contributed by atoms with van der Waals surface area (Å²) in [5.74, 6) is 0.524. The lowest BCUT2D eigenvalue weighted by Crippen LogP contribution is -2.33. The molecule has 0 radical (unpaired) electrons. The van der Waals surface area contributed by atoms with Crippen molar-refractivity contribution in [2.24, 2.45) is 0 Å². The van der Waals surface area contributed by atoms with E-state index in [2.05, 4.69) is 4.98 Å². The van der Waals surface area contributed by atoms with E-state index in [4.69, 9.17) is 9.15 Å². The fourth-order valence-corrected chi connectivity index (χ4v) is 3.28. The predicted molar refractivity (Wildman–Crippen MR) is 96.2 cm³/mol. The van der Waals surface area contributed by atoms with Gasteiger partial charge in [-0.25, -0.2) is 4.79 Å². The van der Waals surface area contributed by atoms with E-state index in [1.807, 2.05) is 24.3 Å². The first-order valence-corrected chi connectivity index (χ1v) is 8.55. The van der Waals surface area contributed by atoms with Crippen LogP contribution in [0, 0.1) is 0 Å². The van der Waals surface area contributed by atoms with Crippen LogP contribution in [0.5, 0.6) is 5.75 Å². The summed E-state index contributed by atoms with van der Waals surface area (Å²) >= 11 is 0. The Hall–Kier alpha value is -3.15. The predicted octanol–water partition coefficient (Wildman–Crippen LogP) is 2.58. The number of carbonyl (C=O) groups excluding carboxylic acids is 1. The van der Waals surface area contributed by atoms with Gasteiger partial charge in [-0.2, -0.15) is 0 Å². The molecular weight excluding hydrogens is 332 g/mol. The van der Waals surface area contributed by atoms with Crippen molar-refractivity contribution in [1.82, 2.24) is 9.88 Å². The van der Waals surface area contributed by atoms with Crippen LogP contribution in [0.1, 0.15) is 18.0 Å². The minimum absolute atomic E-state index is 0.0965. The van der Waals surface area contributed by atoms with E-state index in [0.29, 0.717) is 29.8 Å². The van der Waals surface area contributed by atoms with Crippen molar-refractivity contribution < 1.29 is 13.9 Å². The zero-order valence-corrected chi connectivity index (χ0v) is 14.1. The van der Waals surface area contributed by atoms with Crippen LogP contribution in [0.3, 0.4) is 0 Å². The van der Waals surface area contributed by atoms with Gasteiger partial charge in [0.05, 0.1) is 11.5 Å². The number of carbonyl (C=O) groups is 1. The van der Waals surface area contributed by atoms with E-state index in [0.717, 1.165) is 12.1 Å². The number of likely N-dealkylation sites (tertiary alicyclic amines) is 1. The highest BCUT2D eigenvalue weighted by Crippen LogP contribution is 2.26. The zero-order chi connectivity index (χ0) is 17.9. The number of ether oxygens (including phenoxy) is 1. The lowest BCUT2D eigenvalue weighted by atomic mass is 10.0. The van der Waals surface area contributed by atoms with Gasteiger partial charge < -0.3 is 14.1 Å². The molecule has 3 heterocycles. The van der Waals surface area contributed by atoms with Gasteiger partial charge in [0.2, 0.25) is 0 Å². The molecule has 1 atom stereocenters. The SMILES string of the molecule is O=C(COc1cc(=O)oc2ccccc12)N1CC[C@@H](c2ccccn2)C1. The van der Waals surface area contributed by atoms with E-state index < -0.39 is 5.63 Å². The van der Waals surface area contributed by atoms with Gasteiger partial charge in [-0.3, -0.25) is 9.78 Å². The van der Waals surface area contributed by atoms with Gasteiger partial charge in [0.15, 0.2) is 6.61 Å². The second-order valence-corrected chi connectivity index (χ2v) is 6.29. The minimum Gasteiger partial charge on any atom is -0.483 e. The van der Waals surface area contributed by atoms with E-state index >= 15 is 0 Å². The fraction of sp³-hybridized carbons (Fsp3) is 0.250. The lowest BCUT2D eigenvalue weighted by Gasteiger charge is -2.17. The van der Waals surface area contributed by atoms with Crippen LogP contribution >= 0.6 is 0 Å². The normalized spacial score (nSPS) is 16.8. The summed E-state index contributed by atoms with van der Waals surface area (Å²) in [5.41, 5.74) is 0.955. The molecule has 2 aromatic heterocycles. The fourth-order valence-electron chi connectivity index (χ4n) is 3.28. The summed E-state index contributed by atoms with van der Waals surface area (Å²) in [5, 5.41) is 0.674. The number of hydrogen-bond donors (Lipinski definition) is 0. The monoisotopic (exact) mass is 350 g/mol. The van der Waals surface area contributed by atoms with Gasteiger partial charge in [-0.05, 0) is 30.7 Å². The smallest absolute Gasteiger partial charge is 0.339 e. The van der Waals surface area contributed by atoms with Gasteiger partial charge in [0.25, 0.3) is 5.91 Å². The van der Waals surface area contributed by atoms with Crippen molar-refractivity contribution >= 4 is 16.9 Å². The van der Waals surface area contributed by atoms with Crippen LogP contribution in [0.2, 0.25) is 0 Å². The number of nitrogens with zero attached hydrogens (tertiary/aromatic N) is 2. The van der Waals surface area contributed by atoms with E-state index in [1.54, 1.807) is 29.3 Å². The maximum Gasteiger partial charge on any atom is 0.339 e. The Bertz CT molecular complexity index is 984. The van der Waals surface area contributed by atoms with Crippen LogP contribution in [0.4, 0.5) is 0 Å². The number of benzene rings is 1. The Morgan fingerprint density at radius 2 is 2.08 bits per heavy atom. The van der Waals surface area contributed by atoms with Gasteiger partial charge in [0.1, 0.15) is 11.3 Å². The maximum absolute atomic E-state index is 12.5. The Kier molecular flexibility index (Phi) is 4.39. The molecule has 6 heteroatoms. The number of para-hydroxylation sites is 1. The average Bonchev–Trinajstić information content (AvgIpc) is 3.17. The van der Waals surface area contributed by atoms with Crippen LogP contribution in [-0.4, -0.2) is 35.5 Å². The lowest BCUT2D eigenvalue weighted by molar-refractivity contribution is -0.132. The summed E-state index contributed by atoms with van der Waals surface area (Å²) in [6.07, 6.45) is 2.66. The highest BCUT2D eigenvalue weighted by atomic mass is 16.5. The standard InChI is InChI=1S/C20H18N2O4/c23-19(22-10-8-14(12-22)16-6-3-4-9-21-16)13-25-18-11-20(24)26-17-7-2-1-5-15(17)18/h1-7,9,11,14H,8,10,12-13H2/t14-/m1/s1. The molecule has 1 aliphatic rings. The van der Waals surface area contributed by atoms with Crippen molar-refractivity contribution in [3.63, 3.8) is 0 Å². The number of hydrogen-bond acceptors (Lipinski definition) is 5. The van der Waals surface area contributed by atoms with Crippen molar-refractivity contribution in [3.05, 3.63) is 70.8 Å². The molecule has 0 bridgehead atoms. The number of amides is 1. The van der Waals surface area contributed by atoms with E-state index in [-0.39, 0.29) is 18.4 Å². The first-order valence-electron chi connectivity index (χ1n) is 8.55. The topological polar surface area (TPSA) is 72.6 Å². The Morgan fingerprint density at radius 3 is 2.92 bits per heavy atom. The largest absolute Gasteiger partial charge is 0.483 e. The molecule has 0 saturated carbocycles. The summed E-state index contributed by atoms with van der Waals surface area (Å²) in [6.45, 7) is 1.21. The summed E-state index contributed by atoms with van der Waals surface area (Å²) < 4.78 is 10.8. The molecule has 132 valence electrons. The number of fused-ring (bicyclic) bond motifs is 1. The van der Waals surface area contributed by atoms with Gasteiger partial charge >= 0.3 is 5.63 Å². The first-order chi connectivity index (χ1) is 12.7. The van der Waals surface area contributed by atoms with Crippen LogP contribution in [0.25, 0.3) is 11.0 Å². The first kappa shape index (κ1) is 16.3. The average molecular weight is 350 g/mol. The van der Waals surface area contributed by atoms with E-state index in [1.165, 1.54) is 6.07 Å². The van der Waals surface area contributed by atoms with Crippen LogP contribution in [-0.2, 0) is 4.79 Å². The summed E-state index contributed by atoms with van der Waals surface area (Å²) in [7, 11) is 0. The minimum atomic E-state index is -0.498. The third-order valence-electron chi connectivity index (χ3n) is 4.61. The molecule has 26 heavy (non-hydrogen) atoms. The summed E-state index contributed by atoms with van der Waals surface area (Å²) in [6, 6.07) is 14.2. The number of pyridine rings is 1. The van der Waals surface area contributed by atoms with Crippen molar-refractivity contribution in [3.8, 4) is 5.75 Å². The maximum atomic E-state index is 12.5. The second kappa shape index (κ2) is 7.00. The van der Waals surface area contributed by atoms with Crippen LogP contribution < -0.4 is 10.4 Å². The second-order valence-electron chi connectivity index (χ2n) is 6.29. The Morgan fingerprint density at radius 1 is 1.23 bits per heavy atom. The van der Waals surface area contributed by atoms with Crippen molar-refractivity contribution in [2.75, 3.05) is 19.7 Å². The molecule has 1 amide bonds. The molecule has 4 rings (SSSR count). The molecular formula is C20H18N2O4. The van der Waals surface area contributed by atoms with Gasteiger partial charge in [-0.15, -0.1) is 0 Å². The van der Waals surface area contributed by atoms with Crippen molar-refractivity contribution in [1.29, 1.82) is 0 Å². The molecule has 0 spiro atoms. The Balaban J connectivity index is 1.43. The highest BCUT2D eigenvalue weighted by Gasteiger charge is 2.28. The zero-order valence-electron chi connectivity index (χ0n) is 14.1. The molecule has 6 nitrogen and oxygen atoms in total. The number of rotatable bonds is 4. The highest BCUT2D eigenvalue weighted by molar-refractivity contribution is 5.84. The Labute approximate surface area is 150 Å². The molecule has 0 N–H and O–H groups in total. The van der Waals surface area contributed by atoms with Crippen molar-refractivity contribution in [2.45, 2.75) is 12.3 Å². The molecule has 3 aromatic rings. The third-order valence-corrected chi connectivity index (χ3v) is 4.61. The molecule has 0 unspecified atom stereocenters. The van der Waals surface area contributed by atoms with Gasteiger partial charge in [-0.1, -0.05) is 18.2 Å².